The largest absolute Gasteiger partial charge is 0.0807 e. The number of rotatable bonds is 0. The minimum absolute atomic E-state index is 0.954. The average molecular weight is 262 g/mol. The molecule has 1 aliphatic rings. The van der Waals surface area contributed by atoms with Gasteiger partial charge in [-0.15, -0.1) is 0 Å². The van der Waals surface area contributed by atoms with Gasteiger partial charge in [-0.25, -0.2) is 0 Å². The van der Waals surface area contributed by atoms with Gasteiger partial charge in [-0.05, 0) is 12.8 Å². The smallest absolute Gasteiger partial charge is 0.0163 e. The Balaban J connectivity index is 2.59. The summed E-state index contributed by atoms with van der Waals surface area (Å²) in [6.45, 7) is 0. The van der Waals surface area contributed by atoms with Crippen LogP contribution in [0.3, 0.4) is 0 Å². The Kier molecular flexibility index (Phi) is 10.3. The Labute approximate surface area is 122 Å². The van der Waals surface area contributed by atoms with E-state index in [4.69, 9.17) is 0 Å². The van der Waals surface area contributed by atoms with E-state index < -0.39 is 0 Å². The van der Waals surface area contributed by atoms with E-state index in [1.54, 1.807) is 0 Å². The first-order chi connectivity index (χ1) is 10.0. The van der Waals surface area contributed by atoms with Crippen molar-refractivity contribution < 1.29 is 0 Å². The van der Waals surface area contributed by atoms with Gasteiger partial charge in [0.15, 0.2) is 0 Å². The van der Waals surface area contributed by atoms with E-state index in [9.17, 15) is 0 Å². The van der Waals surface area contributed by atoms with Gasteiger partial charge >= 0.3 is 0 Å². The second-order valence-corrected chi connectivity index (χ2v) is 4.11. The highest BCUT2D eigenvalue weighted by molar-refractivity contribution is 5.20. The quantitative estimate of drug-likeness (QED) is 0.518. The van der Waals surface area contributed by atoms with Crippen LogP contribution in [0.4, 0.5) is 0 Å². The first-order valence-electron chi connectivity index (χ1n) is 6.97. The molecule has 1 aliphatic carbocycles. The lowest BCUT2D eigenvalue weighted by Crippen LogP contribution is -1.59. The van der Waals surface area contributed by atoms with Gasteiger partial charge in [-0.1, -0.05) is 109 Å². The lowest BCUT2D eigenvalue weighted by molar-refractivity contribution is 1.39. The van der Waals surface area contributed by atoms with Gasteiger partial charge in [0.1, 0.15) is 0 Å². The molecule has 0 fully saturated rings. The van der Waals surface area contributed by atoms with Gasteiger partial charge in [0.25, 0.3) is 0 Å². The van der Waals surface area contributed by atoms with Gasteiger partial charge in [-0.2, -0.15) is 0 Å². The minimum Gasteiger partial charge on any atom is -0.0807 e. The van der Waals surface area contributed by atoms with Crippen molar-refractivity contribution in [3.8, 4) is 0 Å². The van der Waals surface area contributed by atoms with Crippen molar-refractivity contribution in [2.45, 2.75) is 12.8 Å². The maximum Gasteiger partial charge on any atom is -0.0163 e. The standard InChI is InChI=1S/C20H22/c1-2-4-6-8-10-12-14-16-18-20-19-17-15-13-11-9-7-5-3-1/h1-12,15-20H,13-14H2. The van der Waals surface area contributed by atoms with Gasteiger partial charge < -0.3 is 0 Å². The first-order valence-corrected chi connectivity index (χ1v) is 6.97. The molecule has 0 N–H and O–H groups in total. The van der Waals surface area contributed by atoms with Crippen LogP contribution in [-0.4, -0.2) is 0 Å². The Morgan fingerprint density at radius 3 is 0.700 bits per heavy atom. The van der Waals surface area contributed by atoms with Gasteiger partial charge in [0, 0.05) is 0 Å². The summed E-state index contributed by atoms with van der Waals surface area (Å²) in [5.41, 5.74) is 0. The van der Waals surface area contributed by atoms with E-state index in [2.05, 4.69) is 60.8 Å². The van der Waals surface area contributed by atoms with Crippen LogP contribution in [0.1, 0.15) is 12.8 Å². The molecule has 0 heterocycles. The molecule has 0 saturated heterocycles. The summed E-state index contributed by atoms with van der Waals surface area (Å²) in [6, 6.07) is 0. The first kappa shape index (κ1) is 15.7. The lowest BCUT2D eigenvalue weighted by atomic mass is 10.3. The maximum atomic E-state index is 2.14. The molecule has 0 unspecified atom stereocenters. The minimum atomic E-state index is 0.954. The van der Waals surface area contributed by atoms with Crippen LogP contribution in [0.15, 0.2) is 109 Å². The summed E-state index contributed by atoms with van der Waals surface area (Å²) in [4.78, 5) is 0. The molecule has 0 heteroatoms. The van der Waals surface area contributed by atoms with Crippen molar-refractivity contribution in [1.29, 1.82) is 0 Å². The molecule has 0 amide bonds. The third kappa shape index (κ3) is 10.8. The van der Waals surface area contributed by atoms with Crippen LogP contribution >= 0.6 is 0 Å². The zero-order valence-electron chi connectivity index (χ0n) is 11.8. The van der Waals surface area contributed by atoms with Crippen molar-refractivity contribution in [3.05, 3.63) is 109 Å². The average Bonchev–Trinajstić information content (AvgIpc) is 2.46. The second kappa shape index (κ2) is 13.1. The van der Waals surface area contributed by atoms with Crippen molar-refractivity contribution >= 4 is 0 Å². The zero-order valence-corrected chi connectivity index (χ0v) is 11.8. The Morgan fingerprint density at radius 2 is 0.450 bits per heavy atom. The topological polar surface area (TPSA) is 0 Å². The molecule has 20 heavy (non-hydrogen) atoms. The molecule has 0 spiro atoms. The van der Waals surface area contributed by atoms with E-state index >= 15 is 0 Å². The molecule has 0 radical (unpaired) electrons. The normalized spacial score (nSPS) is 16.8. The summed E-state index contributed by atoms with van der Waals surface area (Å²) >= 11 is 0. The fourth-order valence-electron chi connectivity index (χ4n) is 1.43. The van der Waals surface area contributed by atoms with Crippen LogP contribution < -0.4 is 0 Å². The molecule has 0 saturated carbocycles. The molecule has 0 aliphatic heterocycles. The molecular formula is C20H22. The molecule has 0 aromatic carbocycles. The SMILES string of the molecule is C1=CC=CC=CCC=CC=CC=CCC=CC=CC=C1. The zero-order chi connectivity index (χ0) is 14.1. The molecule has 0 bridgehead atoms. The molecule has 0 atom stereocenters. The highest BCUT2D eigenvalue weighted by Gasteiger charge is 1.70. The van der Waals surface area contributed by atoms with Crippen molar-refractivity contribution in [3.63, 3.8) is 0 Å². The summed E-state index contributed by atoms with van der Waals surface area (Å²) in [6.07, 6.45) is 39.0. The fraction of sp³-hybridized carbons (Fsp3) is 0.100. The van der Waals surface area contributed by atoms with Crippen LogP contribution in [0.2, 0.25) is 0 Å². The van der Waals surface area contributed by atoms with Gasteiger partial charge in [-0.3, -0.25) is 0 Å². The molecule has 0 aromatic heterocycles. The summed E-state index contributed by atoms with van der Waals surface area (Å²) in [7, 11) is 0. The van der Waals surface area contributed by atoms with E-state index in [0.717, 1.165) is 12.8 Å². The maximum absolute atomic E-state index is 2.14. The predicted molar refractivity (Wildman–Crippen MR) is 91.5 cm³/mol. The van der Waals surface area contributed by atoms with Crippen LogP contribution in [0, 0.1) is 0 Å². The summed E-state index contributed by atoms with van der Waals surface area (Å²) in [5.74, 6) is 0. The molecule has 102 valence electrons. The van der Waals surface area contributed by atoms with Crippen molar-refractivity contribution in [1.82, 2.24) is 0 Å². The van der Waals surface area contributed by atoms with Crippen LogP contribution in [0.5, 0.6) is 0 Å². The Bertz CT molecular complexity index is 440. The Morgan fingerprint density at radius 1 is 0.250 bits per heavy atom. The van der Waals surface area contributed by atoms with E-state index in [-0.39, 0.29) is 0 Å². The molecule has 0 aromatic rings. The Hall–Kier alpha value is -2.34. The van der Waals surface area contributed by atoms with E-state index in [1.165, 1.54) is 0 Å². The van der Waals surface area contributed by atoms with Crippen molar-refractivity contribution in [2.24, 2.45) is 0 Å². The highest BCUT2D eigenvalue weighted by Crippen LogP contribution is 1.92. The third-order valence-electron chi connectivity index (χ3n) is 2.42. The van der Waals surface area contributed by atoms with E-state index in [0.29, 0.717) is 0 Å². The molecule has 0 nitrogen and oxygen atoms in total. The summed E-state index contributed by atoms with van der Waals surface area (Å²) in [5, 5.41) is 0. The van der Waals surface area contributed by atoms with Gasteiger partial charge in [0.2, 0.25) is 0 Å². The van der Waals surface area contributed by atoms with Crippen LogP contribution in [0.25, 0.3) is 0 Å². The molecule has 1 rings (SSSR count). The monoisotopic (exact) mass is 262 g/mol. The lowest BCUT2D eigenvalue weighted by Gasteiger charge is -1.81. The third-order valence-corrected chi connectivity index (χ3v) is 2.42. The fourth-order valence-corrected chi connectivity index (χ4v) is 1.43. The second-order valence-electron chi connectivity index (χ2n) is 4.11. The molecular weight excluding hydrogens is 240 g/mol. The highest BCUT2D eigenvalue weighted by atomic mass is 13.8. The van der Waals surface area contributed by atoms with E-state index in [1.807, 2.05) is 48.6 Å². The predicted octanol–water partition coefficient (Wildman–Crippen LogP) is 5.79. The van der Waals surface area contributed by atoms with Crippen LogP contribution in [-0.2, 0) is 0 Å². The summed E-state index contributed by atoms with van der Waals surface area (Å²) < 4.78 is 0. The number of hydrogen-bond acceptors (Lipinski definition) is 0. The number of allylic oxidation sites excluding steroid dienone is 18. The van der Waals surface area contributed by atoms with Crippen molar-refractivity contribution in [2.75, 3.05) is 0 Å². The van der Waals surface area contributed by atoms with Gasteiger partial charge in [0.05, 0.1) is 0 Å². The number of hydrogen-bond donors (Lipinski definition) is 0.